The van der Waals surface area contributed by atoms with Crippen LogP contribution in [0.5, 0.6) is 0 Å². The predicted molar refractivity (Wildman–Crippen MR) is 48.0 cm³/mol. The molecule has 0 bridgehead atoms. The van der Waals surface area contributed by atoms with E-state index in [-0.39, 0.29) is 0 Å². The molecule has 3 N–H and O–H groups in total. The number of H-pyrrole nitrogens is 1. The number of nitrogens with zero attached hydrogens (tertiary/aromatic N) is 1. The van der Waals surface area contributed by atoms with Gasteiger partial charge < -0.3 is 15.2 Å². The van der Waals surface area contributed by atoms with Gasteiger partial charge >= 0.3 is 0 Å². The van der Waals surface area contributed by atoms with Crippen molar-refractivity contribution in [3.63, 3.8) is 0 Å². The summed E-state index contributed by atoms with van der Waals surface area (Å²) in [6.07, 6.45) is 1.97. The summed E-state index contributed by atoms with van der Waals surface area (Å²) in [5.41, 5.74) is 0. The van der Waals surface area contributed by atoms with Crippen LogP contribution >= 0.6 is 15.9 Å². The largest absolute Gasteiger partial charge is 0.390 e. The molecule has 0 aromatic carbocycles. The van der Waals surface area contributed by atoms with Crippen molar-refractivity contribution >= 4 is 15.9 Å². The van der Waals surface area contributed by atoms with Crippen LogP contribution in [-0.4, -0.2) is 31.6 Å². The monoisotopic (exact) mass is 234 g/mol. The molecule has 0 fully saturated rings. The molecular weight excluding hydrogens is 224 g/mol. The number of rotatable bonds is 4. The minimum Gasteiger partial charge on any atom is -0.390 e. The molecule has 2 unspecified atom stereocenters. The van der Waals surface area contributed by atoms with Gasteiger partial charge in [-0.3, -0.25) is 0 Å². The van der Waals surface area contributed by atoms with Gasteiger partial charge in [-0.2, -0.15) is 0 Å². The maximum Gasteiger partial charge on any atom is 0.137 e. The minimum atomic E-state index is -0.919. The number of nitrogens with one attached hydrogen (secondary N) is 1. The molecule has 1 aromatic heterocycles. The van der Waals surface area contributed by atoms with Crippen molar-refractivity contribution in [2.75, 3.05) is 5.33 Å². The number of aromatic nitrogens is 2. The molecule has 1 rings (SSSR count). The van der Waals surface area contributed by atoms with Crippen LogP contribution in [0, 0.1) is 0 Å². The van der Waals surface area contributed by atoms with Gasteiger partial charge in [0.25, 0.3) is 0 Å². The number of aliphatic hydroxyl groups excluding tert-OH is 2. The van der Waals surface area contributed by atoms with Crippen molar-refractivity contribution in [3.05, 3.63) is 18.2 Å². The van der Waals surface area contributed by atoms with E-state index in [1.165, 1.54) is 0 Å². The van der Waals surface area contributed by atoms with Crippen LogP contribution < -0.4 is 0 Å². The van der Waals surface area contributed by atoms with Gasteiger partial charge in [0.1, 0.15) is 11.9 Å². The predicted octanol–water partition coefficient (Wildman–Crippen LogP) is 0.589. The lowest BCUT2D eigenvalue weighted by molar-refractivity contribution is 0.0125. The van der Waals surface area contributed by atoms with Gasteiger partial charge in [-0.05, 0) is 6.42 Å². The molecule has 0 radical (unpaired) electrons. The second kappa shape index (κ2) is 4.59. The number of halogens is 1. The summed E-state index contributed by atoms with van der Waals surface area (Å²) in [4.78, 5) is 6.58. The summed E-state index contributed by atoms with van der Waals surface area (Å²) < 4.78 is 0. The Kier molecular flexibility index (Phi) is 3.71. The molecule has 0 saturated carbocycles. The van der Waals surface area contributed by atoms with Crippen molar-refractivity contribution in [1.29, 1.82) is 0 Å². The fourth-order valence-electron chi connectivity index (χ4n) is 0.891. The molecule has 12 heavy (non-hydrogen) atoms. The first-order valence-electron chi connectivity index (χ1n) is 3.67. The van der Waals surface area contributed by atoms with E-state index in [4.69, 9.17) is 0 Å². The van der Waals surface area contributed by atoms with E-state index in [0.717, 1.165) is 0 Å². The van der Waals surface area contributed by atoms with Crippen LogP contribution in [0.15, 0.2) is 12.4 Å². The third-order valence-electron chi connectivity index (χ3n) is 1.57. The van der Waals surface area contributed by atoms with Crippen molar-refractivity contribution in [2.24, 2.45) is 0 Å². The molecule has 0 saturated heterocycles. The second-order valence-electron chi connectivity index (χ2n) is 2.46. The average molecular weight is 235 g/mol. The van der Waals surface area contributed by atoms with E-state index in [1.54, 1.807) is 12.4 Å². The fourth-order valence-corrected chi connectivity index (χ4v) is 1.36. The first-order chi connectivity index (χ1) is 5.75. The molecule has 0 aliphatic carbocycles. The van der Waals surface area contributed by atoms with Crippen LogP contribution in [0.3, 0.4) is 0 Å². The zero-order valence-corrected chi connectivity index (χ0v) is 8.03. The lowest BCUT2D eigenvalue weighted by Crippen LogP contribution is -2.19. The zero-order valence-electron chi connectivity index (χ0n) is 6.44. The van der Waals surface area contributed by atoms with Gasteiger partial charge in [0, 0.05) is 17.7 Å². The van der Waals surface area contributed by atoms with E-state index in [9.17, 15) is 10.2 Å². The summed E-state index contributed by atoms with van der Waals surface area (Å²) >= 11 is 3.18. The van der Waals surface area contributed by atoms with Gasteiger partial charge in [0.15, 0.2) is 0 Å². The smallest absolute Gasteiger partial charge is 0.137 e. The molecule has 0 aliphatic rings. The van der Waals surface area contributed by atoms with E-state index < -0.39 is 12.2 Å². The Balaban J connectivity index is 2.53. The normalized spacial score (nSPS) is 15.9. The van der Waals surface area contributed by atoms with Crippen molar-refractivity contribution < 1.29 is 10.2 Å². The Morgan fingerprint density at radius 1 is 1.58 bits per heavy atom. The SMILES string of the molecule is OC(CCBr)C(O)c1ncc[nH]1. The molecule has 1 heterocycles. The topological polar surface area (TPSA) is 69.1 Å². The fraction of sp³-hybridized carbons (Fsp3) is 0.571. The van der Waals surface area contributed by atoms with Gasteiger partial charge in [-0.1, -0.05) is 15.9 Å². The average Bonchev–Trinajstić information content (AvgIpc) is 2.55. The highest BCUT2D eigenvalue weighted by Gasteiger charge is 2.19. The third kappa shape index (κ3) is 2.30. The quantitative estimate of drug-likeness (QED) is 0.669. The Labute approximate surface area is 78.8 Å². The van der Waals surface area contributed by atoms with E-state index in [0.29, 0.717) is 17.6 Å². The zero-order chi connectivity index (χ0) is 8.97. The molecular formula is C7H11BrN2O2. The molecule has 0 spiro atoms. The molecule has 2 atom stereocenters. The molecule has 1 aromatic rings. The summed E-state index contributed by atoms with van der Waals surface area (Å²) in [6.45, 7) is 0. The number of aliphatic hydroxyl groups is 2. The number of alkyl halides is 1. The highest BCUT2D eigenvalue weighted by atomic mass is 79.9. The molecule has 4 nitrogen and oxygen atoms in total. The Bertz CT molecular complexity index is 215. The second-order valence-corrected chi connectivity index (χ2v) is 3.26. The number of hydrogen-bond donors (Lipinski definition) is 3. The van der Waals surface area contributed by atoms with E-state index in [2.05, 4.69) is 25.9 Å². The lowest BCUT2D eigenvalue weighted by Gasteiger charge is -2.13. The number of hydrogen-bond acceptors (Lipinski definition) is 3. The van der Waals surface area contributed by atoms with Crippen LogP contribution in [0.2, 0.25) is 0 Å². The number of aromatic amines is 1. The van der Waals surface area contributed by atoms with E-state index >= 15 is 0 Å². The number of imidazole rings is 1. The Morgan fingerprint density at radius 3 is 2.83 bits per heavy atom. The standard InChI is InChI=1S/C7H11BrN2O2/c8-2-1-5(11)6(12)7-9-3-4-10-7/h3-6,11-12H,1-2H2,(H,9,10). The summed E-state index contributed by atoms with van der Waals surface area (Å²) in [5.74, 6) is 0.406. The Hall–Kier alpha value is -0.390. The minimum absolute atomic E-state index is 0.406. The van der Waals surface area contributed by atoms with Crippen molar-refractivity contribution in [2.45, 2.75) is 18.6 Å². The molecule has 5 heteroatoms. The van der Waals surface area contributed by atoms with Crippen molar-refractivity contribution in [3.8, 4) is 0 Å². The highest BCUT2D eigenvalue weighted by molar-refractivity contribution is 9.09. The van der Waals surface area contributed by atoms with Gasteiger partial charge in [0.05, 0.1) is 6.10 Å². The molecule has 0 amide bonds. The maximum absolute atomic E-state index is 9.44. The summed E-state index contributed by atoms with van der Waals surface area (Å²) in [6, 6.07) is 0. The highest BCUT2D eigenvalue weighted by Crippen LogP contribution is 2.15. The van der Waals surface area contributed by atoms with Gasteiger partial charge in [-0.15, -0.1) is 0 Å². The maximum atomic E-state index is 9.44. The van der Waals surface area contributed by atoms with Gasteiger partial charge in [0.2, 0.25) is 0 Å². The van der Waals surface area contributed by atoms with Crippen LogP contribution in [0.4, 0.5) is 0 Å². The lowest BCUT2D eigenvalue weighted by atomic mass is 10.1. The van der Waals surface area contributed by atoms with Crippen LogP contribution in [-0.2, 0) is 0 Å². The Morgan fingerprint density at radius 2 is 2.33 bits per heavy atom. The summed E-state index contributed by atoms with van der Waals surface area (Å²) in [5, 5.41) is 19.5. The molecule has 68 valence electrons. The summed E-state index contributed by atoms with van der Waals surface area (Å²) in [7, 11) is 0. The van der Waals surface area contributed by atoms with Crippen LogP contribution in [0.1, 0.15) is 18.3 Å². The third-order valence-corrected chi connectivity index (χ3v) is 2.03. The molecule has 0 aliphatic heterocycles. The van der Waals surface area contributed by atoms with Gasteiger partial charge in [-0.25, -0.2) is 4.98 Å². The van der Waals surface area contributed by atoms with E-state index in [1.807, 2.05) is 0 Å². The first kappa shape index (κ1) is 9.70. The first-order valence-corrected chi connectivity index (χ1v) is 4.79. The van der Waals surface area contributed by atoms with Crippen molar-refractivity contribution in [1.82, 2.24) is 9.97 Å². The van der Waals surface area contributed by atoms with Crippen LogP contribution in [0.25, 0.3) is 0 Å².